The number of hydrogen-bond donors (Lipinski definition) is 2. The van der Waals surface area contributed by atoms with Crippen molar-refractivity contribution in [3.63, 3.8) is 0 Å². The SMILES string of the molecule is CCC(N)CNS(=O)(=O)c1cn(C)cn1. The first-order valence-electron chi connectivity index (χ1n) is 4.69. The Kier molecular flexibility index (Phi) is 3.83. The Balaban J connectivity index is 2.68. The van der Waals surface area contributed by atoms with Crippen molar-refractivity contribution in [1.29, 1.82) is 0 Å². The standard InChI is InChI=1S/C8H16N4O2S/c1-3-7(9)4-11-15(13,14)8-5-12(2)6-10-8/h5-7,11H,3-4,9H2,1-2H3. The first-order chi connectivity index (χ1) is 6.95. The number of hydrogen-bond acceptors (Lipinski definition) is 4. The van der Waals surface area contributed by atoms with E-state index >= 15 is 0 Å². The van der Waals surface area contributed by atoms with E-state index < -0.39 is 10.0 Å². The minimum absolute atomic E-state index is 0.0216. The molecular weight excluding hydrogens is 216 g/mol. The number of imidazole rings is 1. The van der Waals surface area contributed by atoms with Gasteiger partial charge >= 0.3 is 0 Å². The Morgan fingerprint density at radius 1 is 1.67 bits per heavy atom. The van der Waals surface area contributed by atoms with E-state index in [-0.39, 0.29) is 17.6 Å². The fourth-order valence-electron chi connectivity index (χ4n) is 0.963. The monoisotopic (exact) mass is 232 g/mol. The van der Waals surface area contributed by atoms with Crippen LogP contribution in [0.2, 0.25) is 0 Å². The van der Waals surface area contributed by atoms with Crippen LogP contribution in [0.5, 0.6) is 0 Å². The van der Waals surface area contributed by atoms with Crippen LogP contribution in [-0.2, 0) is 17.1 Å². The van der Waals surface area contributed by atoms with E-state index in [2.05, 4.69) is 9.71 Å². The van der Waals surface area contributed by atoms with Gasteiger partial charge in [-0.2, -0.15) is 0 Å². The second-order valence-corrected chi connectivity index (χ2v) is 5.11. The van der Waals surface area contributed by atoms with Gasteiger partial charge in [0.25, 0.3) is 10.0 Å². The lowest BCUT2D eigenvalue weighted by atomic mass is 10.2. The van der Waals surface area contributed by atoms with E-state index in [4.69, 9.17) is 5.73 Å². The minimum atomic E-state index is -3.51. The number of nitrogens with one attached hydrogen (secondary N) is 1. The van der Waals surface area contributed by atoms with Gasteiger partial charge in [0.2, 0.25) is 0 Å². The second-order valence-electron chi connectivity index (χ2n) is 3.40. The highest BCUT2D eigenvalue weighted by atomic mass is 32.2. The van der Waals surface area contributed by atoms with Gasteiger partial charge in [-0.25, -0.2) is 18.1 Å². The van der Waals surface area contributed by atoms with Gasteiger partial charge in [0, 0.05) is 25.8 Å². The van der Waals surface area contributed by atoms with Crippen molar-refractivity contribution >= 4 is 10.0 Å². The van der Waals surface area contributed by atoms with Crippen LogP contribution in [-0.4, -0.2) is 30.6 Å². The van der Waals surface area contributed by atoms with Crippen LogP contribution in [0.1, 0.15) is 13.3 Å². The summed E-state index contributed by atoms with van der Waals surface area (Å²) < 4.78 is 27.2. The summed E-state index contributed by atoms with van der Waals surface area (Å²) in [4.78, 5) is 3.76. The van der Waals surface area contributed by atoms with Gasteiger partial charge in [-0.05, 0) is 6.42 Å². The van der Waals surface area contributed by atoms with Crippen LogP contribution >= 0.6 is 0 Å². The van der Waals surface area contributed by atoms with Crippen molar-refractivity contribution in [1.82, 2.24) is 14.3 Å². The van der Waals surface area contributed by atoms with Crippen molar-refractivity contribution < 1.29 is 8.42 Å². The Hall–Kier alpha value is -0.920. The lowest BCUT2D eigenvalue weighted by Crippen LogP contribution is -2.36. The molecular formula is C8H16N4O2S. The van der Waals surface area contributed by atoms with Crippen molar-refractivity contribution in [2.45, 2.75) is 24.4 Å². The maximum Gasteiger partial charge on any atom is 0.259 e. The first kappa shape index (κ1) is 12.2. The van der Waals surface area contributed by atoms with Crippen LogP contribution in [0.25, 0.3) is 0 Å². The maximum absolute atomic E-state index is 11.6. The van der Waals surface area contributed by atoms with Gasteiger partial charge in [-0.3, -0.25) is 0 Å². The summed E-state index contributed by atoms with van der Waals surface area (Å²) in [5, 5.41) is 0.0216. The molecule has 1 aromatic heterocycles. The fourth-order valence-corrected chi connectivity index (χ4v) is 2.03. The molecule has 1 atom stereocenters. The first-order valence-corrected chi connectivity index (χ1v) is 6.17. The van der Waals surface area contributed by atoms with E-state index in [1.807, 2.05) is 6.92 Å². The zero-order valence-electron chi connectivity index (χ0n) is 8.84. The van der Waals surface area contributed by atoms with Crippen LogP contribution in [0.15, 0.2) is 17.6 Å². The number of aromatic nitrogens is 2. The summed E-state index contributed by atoms with van der Waals surface area (Å²) >= 11 is 0. The van der Waals surface area contributed by atoms with E-state index in [1.54, 1.807) is 11.6 Å². The molecule has 0 saturated heterocycles. The van der Waals surface area contributed by atoms with Gasteiger partial charge in [0.15, 0.2) is 5.03 Å². The highest BCUT2D eigenvalue weighted by molar-refractivity contribution is 7.89. The molecule has 6 nitrogen and oxygen atoms in total. The molecule has 0 aliphatic rings. The smallest absolute Gasteiger partial charge is 0.259 e. The van der Waals surface area contributed by atoms with Gasteiger partial charge in [-0.15, -0.1) is 0 Å². The predicted octanol–water partition coefficient (Wildman–Crippen LogP) is -0.564. The number of sulfonamides is 1. The average Bonchev–Trinajstić information content (AvgIpc) is 2.62. The van der Waals surface area contributed by atoms with E-state index in [0.29, 0.717) is 0 Å². The summed E-state index contributed by atoms with van der Waals surface area (Å²) in [6.45, 7) is 2.13. The van der Waals surface area contributed by atoms with Gasteiger partial charge in [0.05, 0.1) is 6.33 Å². The van der Waals surface area contributed by atoms with Gasteiger partial charge < -0.3 is 10.3 Å². The zero-order chi connectivity index (χ0) is 11.5. The molecule has 0 amide bonds. The lowest BCUT2D eigenvalue weighted by Gasteiger charge is -2.09. The van der Waals surface area contributed by atoms with E-state index in [1.165, 1.54) is 12.5 Å². The molecule has 1 unspecified atom stereocenters. The largest absolute Gasteiger partial charge is 0.339 e. The number of aryl methyl sites for hydroxylation is 1. The highest BCUT2D eigenvalue weighted by Crippen LogP contribution is 2.03. The topological polar surface area (TPSA) is 90.0 Å². The molecule has 0 spiro atoms. The Bertz CT molecular complexity index is 412. The molecule has 7 heteroatoms. The predicted molar refractivity (Wildman–Crippen MR) is 56.7 cm³/mol. The van der Waals surface area contributed by atoms with Crippen LogP contribution in [0, 0.1) is 0 Å². The normalized spacial score (nSPS) is 14.1. The Labute approximate surface area is 89.5 Å². The molecule has 0 radical (unpaired) electrons. The number of nitrogens with zero attached hydrogens (tertiary/aromatic N) is 2. The highest BCUT2D eigenvalue weighted by Gasteiger charge is 2.17. The molecule has 0 aromatic carbocycles. The van der Waals surface area contributed by atoms with Crippen LogP contribution < -0.4 is 10.5 Å². The summed E-state index contributed by atoms with van der Waals surface area (Å²) in [6, 6.07) is -0.163. The third-order valence-corrected chi connectivity index (χ3v) is 3.32. The van der Waals surface area contributed by atoms with Crippen molar-refractivity contribution in [3.05, 3.63) is 12.5 Å². The third kappa shape index (κ3) is 3.29. The second kappa shape index (κ2) is 4.73. The van der Waals surface area contributed by atoms with Crippen LogP contribution in [0.4, 0.5) is 0 Å². The molecule has 0 aliphatic heterocycles. The molecule has 3 N–H and O–H groups in total. The molecule has 1 heterocycles. The number of rotatable bonds is 5. The zero-order valence-corrected chi connectivity index (χ0v) is 9.66. The average molecular weight is 232 g/mol. The summed E-state index contributed by atoms with van der Waals surface area (Å²) in [6.07, 6.45) is 3.61. The van der Waals surface area contributed by atoms with Gasteiger partial charge in [-0.1, -0.05) is 6.92 Å². The van der Waals surface area contributed by atoms with Gasteiger partial charge in [0.1, 0.15) is 0 Å². The molecule has 0 aliphatic carbocycles. The molecule has 0 saturated carbocycles. The third-order valence-electron chi connectivity index (χ3n) is 2.02. The van der Waals surface area contributed by atoms with Crippen LogP contribution in [0.3, 0.4) is 0 Å². The van der Waals surface area contributed by atoms with Crippen molar-refractivity contribution in [3.8, 4) is 0 Å². The molecule has 0 fully saturated rings. The quantitative estimate of drug-likeness (QED) is 0.711. The Morgan fingerprint density at radius 3 is 2.80 bits per heavy atom. The summed E-state index contributed by atoms with van der Waals surface area (Å²) in [7, 11) is -1.79. The van der Waals surface area contributed by atoms with E-state index in [0.717, 1.165) is 6.42 Å². The van der Waals surface area contributed by atoms with E-state index in [9.17, 15) is 8.42 Å². The summed E-state index contributed by atoms with van der Waals surface area (Å²) in [5.41, 5.74) is 5.61. The molecule has 1 aromatic rings. The minimum Gasteiger partial charge on any atom is -0.339 e. The summed E-state index contributed by atoms with van der Waals surface area (Å²) in [5.74, 6) is 0. The molecule has 86 valence electrons. The Morgan fingerprint density at radius 2 is 2.33 bits per heavy atom. The molecule has 1 rings (SSSR count). The molecule has 0 bridgehead atoms. The van der Waals surface area contributed by atoms with Crippen molar-refractivity contribution in [2.24, 2.45) is 12.8 Å². The maximum atomic E-state index is 11.6. The lowest BCUT2D eigenvalue weighted by molar-refractivity contribution is 0.561. The fraction of sp³-hybridized carbons (Fsp3) is 0.625. The molecule has 15 heavy (non-hydrogen) atoms. The van der Waals surface area contributed by atoms with Crippen molar-refractivity contribution in [2.75, 3.05) is 6.54 Å². The number of nitrogens with two attached hydrogens (primary N) is 1.